The standard InChI is InChI=1S/C14H19N5O3S/c1-17-14(3-4-16-17)23(20,21)19-7-5-18(6-8-19)12-9-13(22-2)11-15-10-12/h3-4,9-11H,5-8H2,1-2H3. The third-order valence-electron chi connectivity index (χ3n) is 3.92. The van der Waals surface area contributed by atoms with E-state index in [1.807, 2.05) is 6.07 Å². The number of aromatic nitrogens is 3. The summed E-state index contributed by atoms with van der Waals surface area (Å²) in [5, 5.41) is 4.15. The van der Waals surface area contributed by atoms with Gasteiger partial charge in [-0.05, 0) is 6.07 Å². The molecule has 0 aromatic carbocycles. The van der Waals surface area contributed by atoms with Crippen LogP contribution >= 0.6 is 0 Å². The van der Waals surface area contributed by atoms with E-state index in [-0.39, 0.29) is 5.03 Å². The Morgan fingerprint density at radius 1 is 1.17 bits per heavy atom. The van der Waals surface area contributed by atoms with Crippen LogP contribution in [0, 0.1) is 0 Å². The van der Waals surface area contributed by atoms with Crippen molar-refractivity contribution in [2.45, 2.75) is 5.03 Å². The lowest BCUT2D eigenvalue weighted by molar-refractivity contribution is 0.379. The van der Waals surface area contributed by atoms with Gasteiger partial charge in [-0.15, -0.1) is 0 Å². The van der Waals surface area contributed by atoms with E-state index in [1.165, 1.54) is 21.3 Å². The van der Waals surface area contributed by atoms with Crippen molar-refractivity contribution in [1.29, 1.82) is 0 Å². The number of hydrogen-bond acceptors (Lipinski definition) is 6. The van der Waals surface area contributed by atoms with E-state index in [0.29, 0.717) is 31.9 Å². The molecule has 3 rings (SSSR count). The lowest BCUT2D eigenvalue weighted by atomic mass is 10.3. The first-order valence-corrected chi connectivity index (χ1v) is 8.68. The third kappa shape index (κ3) is 3.02. The van der Waals surface area contributed by atoms with Gasteiger partial charge in [0.15, 0.2) is 5.03 Å². The SMILES string of the molecule is COc1cncc(N2CCN(S(=O)(=O)c3ccnn3C)CC2)c1. The predicted octanol–water partition coefficient (Wildman–Crippen LogP) is 0.335. The van der Waals surface area contributed by atoms with Gasteiger partial charge in [0.2, 0.25) is 0 Å². The van der Waals surface area contributed by atoms with Crippen molar-refractivity contribution in [3.05, 3.63) is 30.7 Å². The van der Waals surface area contributed by atoms with Gasteiger partial charge >= 0.3 is 0 Å². The van der Waals surface area contributed by atoms with Gasteiger partial charge in [0.1, 0.15) is 5.75 Å². The zero-order valence-corrected chi connectivity index (χ0v) is 13.9. The molecule has 124 valence electrons. The van der Waals surface area contributed by atoms with Crippen LogP contribution in [0.25, 0.3) is 0 Å². The Balaban J connectivity index is 1.72. The van der Waals surface area contributed by atoms with Crippen molar-refractivity contribution < 1.29 is 13.2 Å². The molecule has 0 unspecified atom stereocenters. The minimum Gasteiger partial charge on any atom is -0.495 e. The number of hydrogen-bond donors (Lipinski definition) is 0. The van der Waals surface area contributed by atoms with Gasteiger partial charge in [0, 0.05) is 39.3 Å². The summed E-state index contributed by atoms with van der Waals surface area (Å²) in [5.74, 6) is 0.687. The zero-order chi connectivity index (χ0) is 16.4. The smallest absolute Gasteiger partial charge is 0.260 e. The summed E-state index contributed by atoms with van der Waals surface area (Å²) < 4.78 is 33.3. The number of piperazine rings is 1. The average molecular weight is 337 g/mol. The lowest BCUT2D eigenvalue weighted by Crippen LogP contribution is -2.49. The highest BCUT2D eigenvalue weighted by atomic mass is 32.2. The third-order valence-corrected chi connectivity index (χ3v) is 5.89. The Labute approximate surface area is 135 Å². The Hall–Kier alpha value is -2.13. The van der Waals surface area contributed by atoms with Crippen molar-refractivity contribution in [2.75, 3.05) is 38.2 Å². The molecule has 3 heterocycles. The predicted molar refractivity (Wildman–Crippen MR) is 85.0 cm³/mol. The van der Waals surface area contributed by atoms with Crippen LogP contribution in [-0.4, -0.2) is 60.8 Å². The number of sulfonamides is 1. The molecule has 0 radical (unpaired) electrons. The Kier molecular flexibility index (Phi) is 4.22. The monoisotopic (exact) mass is 337 g/mol. The highest BCUT2D eigenvalue weighted by Crippen LogP contribution is 2.22. The van der Waals surface area contributed by atoms with Gasteiger partial charge in [0.25, 0.3) is 10.0 Å². The number of rotatable bonds is 4. The Bertz CT molecular complexity index is 781. The van der Waals surface area contributed by atoms with E-state index in [2.05, 4.69) is 15.0 Å². The number of ether oxygens (including phenoxy) is 1. The van der Waals surface area contributed by atoms with E-state index in [9.17, 15) is 8.42 Å². The summed E-state index contributed by atoms with van der Waals surface area (Å²) >= 11 is 0. The molecule has 0 saturated carbocycles. The molecule has 1 aliphatic heterocycles. The van der Waals surface area contributed by atoms with E-state index < -0.39 is 10.0 Å². The highest BCUT2D eigenvalue weighted by molar-refractivity contribution is 7.89. The van der Waals surface area contributed by atoms with Crippen LogP contribution in [-0.2, 0) is 17.1 Å². The molecule has 1 fully saturated rings. The second-order valence-electron chi connectivity index (χ2n) is 5.27. The van der Waals surface area contributed by atoms with Crippen molar-refractivity contribution in [3.8, 4) is 5.75 Å². The first kappa shape index (κ1) is 15.8. The first-order chi connectivity index (χ1) is 11.0. The van der Waals surface area contributed by atoms with Crippen LogP contribution in [0.1, 0.15) is 0 Å². The molecule has 0 aliphatic carbocycles. The minimum atomic E-state index is -3.50. The Morgan fingerprint density at radius 3 is 2.52 bits per heavy atom. The lowest BCUT2D eigenvalue weighted by Gasteiger charge is -2.35. The number of nitrogens with zero attached hydrogens (tertiary/aromatic N) is 5. The fourth-order valence-electron chi connectivity index (χ4n) is 2.63. The van der Waals surface area contributed by atoms with E-state index >= 15 is 0 Å². The van der Waals surface area contributed by atoms with Crippen molar-refractivity contribution in [1.82, 2.24) is 19.1 Å². The van der Waals surface area contributed by atoms with Crippen molar-refractivity contribution in [2.24, 2.45) is 7.05 Å². The molecule has 23 heavy (non-hydrogen) atoms. The first-order valence-electron chi connectivity index (χ1n) is 7.24. The number of anilines is 1. The quantitative estimate of drug-likeness (QED) is 0.800. The maximum atomic E-state index is 12.6. The molecule has 2 aromatic rings. The largest absolute Gasteiger partial charge is 0.495 e. The molecule has 9 heteroatoms. The topological polar surface area (TPSA) is 80.6 Å². The summed E-state index contributed by atoms with van der Waals surface area (Å²) in [5.41, 5.74) is 0.932. The fraction of sp³-hybridized carbons (Fsp3) is 0.429. The van der Waals surface area contributed by atoms with Gasteiger partial charge in [-0.1, -0.05) is 0 Å². The highest BCUT2D eigenvalue weighted by Gasteiger charge is 2.30. The van der Waals surface area contributed by atoms with Crippen LogP contribution in [0.2, 0.25) is 0 Å². The molecule has 1 aliphatic rings. The summed E-state index contributed by atoms with van der Waals surface area (Å²) in [6.07, 6.45) is 4.89. The molecular weight excluding hydrogens is 318 g/mol. The van der Waals surface area contributed by atoms with Crippen LogP contribution in [0.4, 0.5) is 5.69 Å². The van der Waals surface area contributed by atoms with E-state index in [1.54, 1.807) is 26.6 Å². The summed E-state index contributed by atoms with van der Waals surface area (Å²) in [6, 6.07) is 3.42. The second kappa shape index (κ2) is 6.17. The zero-order valence-electron chi connectivity index (χ0n) is 13.1. The second-order valence-corrected chi connectivity index (χ2v) is 7.15. The van der Waals surface area contributed by atoms with Crippen LogP contribution in [0.3, 0.4) is 0 Å². The van der Waals surface area contributed by atoms with Gasteiger partial charge in [-0.2, -0.15) is 9.40 Å². The molecule has 8 nitrogen and oxygen atoms in total. The molecule has 0 amide bonds. The van der Waals surface area contributed by atoms with E-state index in [0.717, 1.165) is 5.69 Å². The Morgan fingerprint density at radius 2 is 1.91 bits per heavy atom. The molecule has 0 bridgehead atoms. The fourth-order valence-corrected chi connectivity index (χ4v) is 4.15. The van der Waals surface area contributed by atoms with E-state index in [4.69, 9.17) is 4.74 Å². The normalized spacial score (nSPS) is 16.5. The van der Waals surface area contributed by atoms with Crippen LogP contribution in [0.5, 0.6) is 5.75 Å². The molecular formula is C14H19N5O3S. The molecule has 2 aromatic heterocycles. The van der Waals surface area contributed by atoms with Gasteiger partial charge in [-0.25, -0.2) is 8.42 Å². The number of aryl methyl sites for hydroxylation is 1. The van der Waals surface area contributed by atoms with Gasteiger partial charge in [-0.3, -0.25) is 9.67 Å². The van der Waals surface area contributed by atoms with Crippen LogP contribution < -0.4 is 9.64 Å². The molecule has 1 saturated heterocycles. The van der Waals surface area contributed by atoms with Gasteiger partial charge in [0.05, 0.1) is 31.4 Å². The molecule has 0 spiro atoms. The maximum Gasteiger partial charge on any atom is 0.260 e. The van der Waals surface area contributed by atoms with Crippen molar-refractivity contribution in [3.63, 3.8) is 0 Å². The summed E-state index contributed by atoms with van der Waals surface area (Å²) in [6.45, 7) is 2.05. The van der Waals surface area contributed by atoms with Crippen LogP contribution in [0.15, 0.2) is 35.7 Å². The molecule has 0 atom stereocenters. The average Bonchev–Trinajstić information content (AvgIpc) is 3.02. The number of pyridine rings is 1. The maximum absolute atomic E-state index is 12.6. The summed E-state index contributed by atoms with van der Waals surface area (Å²) in [4.78, 5) is 6.24. The van der Waals surface area contributed by atoms with Gasteiger partial charge < -0.3 is 9.64 Å². The summed E-state index contributed by atoms with van der Waals surface area (Å²) in [7, 11) is -0.275. The van der Waals surface area contributed by atoms with Crippen molar-refractivity contribution >= 4 is 15.7 Å². The molecule has 0 N–H and O–H groups in total. The minimum absolute atomic E-state index is 0.217. The number of methoxy groups -OCH3 is 1.